The van der Waals surface area contributed by atoms with Crippen molar-refractivity contribution in [3.05, 3.63) is 11.6 Å². The number of carbonyl (C=O) groups is 2. The topological polar surface area (TPSA) is 74.6 Å². The molecule has 0 radical (unpaired) electrons. The van der Waals surface area contributed by atoms with Crippen molar-refractivity contribution in [1.82, 2.24) is 0 Å². The quantitative estimate of drug-likeness (QED) is 0.461. The normalized spacial score (nSPS) is 59.1. The number of rotatable bonds is 1. The molecule has 4 heteroatoms. The molecule has 0 aliphatic heterocycles. The summed E-state index contributed by atoms with van der Waals surface area (Å²) in [5.74, 6) is -1.24. The monoisotopic (exact) mass is 473 g/mol. The van der Waals surface area contributed by atoms with Gasteiger partial charge in [-0.25, -0.2) is 0 Å². The lowest BCUT2D eigenvalue weighted by atomic mass is 9.33. The Morgan fingerprint density at radius 2 is 1.68 bits per heavy atom. The van der Waals surface area contributed by atoms with Gasteiger partial charge < -0.3 is 10.2 Å². The van der Waals surface area contributed by atoms with Gasteiger partial charge in [-0.05, 0) is 110 Å². The van der Waals surface area contributed by atoms with Crippen LogP contribution in [0.3, 0.4) is 0 Å². The molecule has 0 bridgehead atoms. The van der Waals surface area contributed by atoms with Crippen molar-refractivity contribution in [2.24, 2.45) is 50.2 Å². The minimum atomic E-state index is -2.24. The number of fused-ring (bicyclic) bond motifs is 7. The summed E-state index contributed by atoms with van der Waals surface area (Å²) < 4.78 is 26.2. The van der Waals surface area contributed by atoms with E-state index in [4.69, 9.17) is 4.11 Å². The van der Waals surface area contributed by atoms with E-state index in [2.05, 4.69) is 20.8 Å². The van der Waals surface area contributed by atoms with Crippen LogP contribution in [0.5, 0.6) is 0 Å². The van der Waals surface area contributed by atoms with E-state index in [0.29, 0.717) is 12.8 Å². The van der Waals surface area contributed by atoms with Crippen LogP contribution in [0.15, 0.2) is 11.6 Å². The Bertz CT molecular complexity index is 1100. The molecule has 4 nitrogen and oxygen atoms in total. The number of aliphatic hydroxyl groups is 1. The van der Waals surface area contributed by atoms with Gasteiger partial charge in [-0.3, -0.25) is 9.59 Å². The summed E-state index contributed by atoms with van der Waals surface area (Å²) in [4.78, 5) is 26.6. The molecular formula is C30H46O4. The van der Waals surface area contributed by atoms with Gasteiger partial charge in [0.25, 0.3) is 0 Å². The fourth-order valence-corrected chi connectivity index (χ4v) is 9.85. The fourth-order valence-electron chi connectivity index (χ4n) is 9.85. The van der Waals surface area contributed by atoms with E-state index in [1.54, 1.807) is 13.8 Å². The first-order chi connectivity index (χ1) is 16.6. The highest BCUT2D eigenvalue weighted by atomic mass is 16.4. The van der Waals surface area contributed by atoms with Crippen LogP contribution in [0.25, 0.3) is 0 Å². The van der Waals surface area contributed by atoms with E-state index < -0.39 is 46.0 Å². The maximum atomic E-state index is 14.3. The SMILES string of the molecule is [2H]C1([2H])C[C@]2(C)[C@H]3C(=O)C=C4[C@@H]5C[C@@](C)(C(=O)O)CC[C@]5(C)CC[C@@]4(C)[C@]3(C)CC[C@H]2C(C)(C)[C@@]1([2H])O. The third kappa shape index (κ3) is 2.81. The molecule has 9 atom stereocenters. The third-order valence-corrected chi connectivity index (χ3v) is 12.5. The van der Waals surface area contributed by atoms with E-state index in [1.807, 2.05) is 19.9 Å². The van der Waals surface area contributed by atoms with Crippen LogP contribution in [0.4, 0.5) is 0 Å². The zero-order valence-corrected chi connectivity index (χ0v) is 22.2. The predicted octanol–water partition coefficient (Wildman–Crippen LogP) is 6.41. The molecule has 34 heavy (non-hydrogen) atoms. The standard InChI is InChI=1S/C30H46O4/c1-25(2)21-8-11-30(7)23(28(21,5)10-9-22(25)32)20(31)16-18-19-17-27(4,24(33)34)13-12-26(19,3)14-15-29(18,30)6/h16,19,21-23,32H,8-15,17H2,1-7H3,(H,33,34)/t19-,21-,22-,23+,26+,27-,28-,29+,30+/m0/s1/i9D2,22D. The summed E-state index contributed by atoms with van der Waals surface area (Å²) in [7, 11) is 0. The molecular weight excluding hydrogens is 424 g/mol. The molecule has 0 aromatic rings. The van der Waals surface area contributed by atoms with Crippen molar-refractivity contribution in [2.45, 2.75) is 112 Å². The van der Waals surface area contributed by atoms with Crippen molar-refractivity contribution >= 4 is 11.8 Å². The Morgan fingerprint density at radius 1 is 1.03 bits per heavy atom. The highest BCUT2D eigenvalue weighted by molar-refractivity contribution is 5.95. The fraction of sp³-hybridized carbons (Fsp3) is 0.867. The van der Waals surface area contributed by atoms with E-state index in [0.717, 1.165) is 37.7 Å². The van der Waals surface area contributed by atoms with Crippen LogP contribution in [-0.2, 0) is 9.59 Å². The minimum absolute atomic E-state index is 0.0163. The second-order valence-corrected chi connectivity index (χ2v) is 14.5. The number of carbonyl (C=O) groups excluding carboxylic acids is 1. The summed E-state index contributed by atoms with van der Waals surface area (Å²) in [6.45, 7) is 14.3. The number of carboxylic acids is 1. The molecule has 4 fully saturated rings. The molecule has 5 aliphatic rings. The van der Waals surface area contributed by atoms with Gasteiger partial charge in [-0.2, -0.15) is 0 Å². The number of hydrogen-bond acceptors (Lipinski definition) is 3. The maximum Gasteiger partial charge on any atom is 0.309 e. The molecule has 0 aromatic heterocycles. The number of carboxylic acid groups (broad SMARTS) is 1. The summed E-state index contributed by atoms with van der Waals surface area (Å²) in [6, 6.07) is 0. The van der Waals surface area contributed by atoms with Crippen molar-refractivity contribution in [3.63, 3.8) is 0 Å². The third-order valence-electron chi connectivity index (χ3n) is 12.5. The molecule has 0 spiro atoms. The van der Waals surface area contributed by atoms with Crippen LogP contribution in [0.1, 0.15) is 110 Å². The zero-order valence-electron chi connectivity index (χ0n) is 25.2. The van der Waals surface area contributed by atoms with Crippen LogP contribution in [0.2, 0.25) is 0 Å². The minimum Gasteiger partial charge on any atom is -0.481 e. The lowest BCUT2D eigenvalue weighted by Gasteiger charge is -2.70. The van der Waals surface area contributed by atoms with Gasteiger partial charge in [0.15, 0.2) is 5.78 Å². The molecule has 0 heterocycles. The number of allylic oxidation sites excluding steroid dienone is 2. The molecule has 4 saturated carbocycles. The average Bonchev–Trinajstić information content (AvgIpc) is 2.74. The van der Waals surface area contributed by atoms with Crippen molar-refractivity contribution in [1.29, 1.82) is 0 Å². The molecule has 0 aromatic carbocycles. The van der Waals surface area contributed by atoms with Crippen LogP contribution in [-0.4, -0.2) is 28.0 Å². The Morgan fingerprint density at radius 3 is 2.32 bits per heavy atom. The van der Waals surface area contributed by atoms with Gasteiger partial charge in [0.1, 0.15) is 0 Å². The Hall–Kier alpha value is -1.16. The van der Waals surface area contributed by atoms with E-state index in [1.165, 1.54) is 0 Å². The van der Waals surface area contributed by atoms with E-state index in [-0.39, 0.29) is 34.9 Å². The first-order valence-electron chi connectivity index (χ1n) is 14.8. The van der Waals surface area contributed by atoms with Crippen LogP contribution in [0, 0.1) is 50.2 Å². The largest absolute Gasteiger partial charge is 0.481 e. The van der Waals surface area contributed by atoms with Crippen LogP contribution >= 0.6 is 0 Å². The summed E-state index contributed by atoms with van der Waals surface area (Å²) in [5.41, 5.74) is -2.08. The maximum absolute atomic E-state index is 14.3. The van der Waals surface area contributed by atoms with Gasteiger partial charge in [0, 0.05) is 8.66 Å². The molecule has 5 rings (SSSR count). The van der Waals surface area contributed by atoms with Crippen molar-refractivity contribution in [2.75, 3.05) is 0 Å². The van der Waals surface area contributed by atoms with Gasteiger partial charge in [-0.15, -0.1) is 0 Å². The Labute approximate surface area is 210 Å². The highest BCUT2D eigenvalue weighted by Crippen LogP contribution is 2.75. The van der Waals surface area contributed by atoms with Crippen molar-refractivity contribution < 1.29 is 23.9 Å². The Kier molecular flexibility index (Phi) is 4.31. The summed E-state index contributed by atoms with van der Waals surface area (Å²) in [5, 5.41) is 21.2. The van der Waals surface area contributed by atoms with Gasteiger partial charge >= 0.3 is 5.97 Å². The van der Waals surface area contributed by atoms with Crippen molar-refractivity contribution in [3.8, 4) is 0 Å². The number of ketones is 1. The van der Waals surface area contributed by atoms with Gasteiger partial charge in [0.2, 0.25) is 0 Å². The first kappa shape index (κ1) is 21.0. The second-order valence-electron chi connectivity index (χ2n) is 14.5. The average molecular weight is 474 g/mol. The molecule has 0 unspecified atom stereocenters. The van der Waals surface area contributed by atoms with Gasteiger partial charge in [0.05, 0.1) is 12.9 Å². The lowest BCUT2D eigenvalue weighted by Crippen LogP contribution is -2.66. The number of hydrogen-bond donors (Lipinski definition) is 2. The highest BCUT2D eigenvalue weighted by Gasteiger charge is 2.70. The molecule has 0 saturated heterocycles. The van der Waals surface area contributed by atoms with E-state index in [9.17, 15) is 19.8 Å². The smallest absolute Gasteiger partial charge is 0.309 e. The summed E-state index contributed by atoms with van der Waals surface area (Å²) in [6.07, 6.45) is 2.96. The lowest BCUT2D eigenvalue weighted by molar-refractivity contribution is -0.202. The predicted molar refractivity (Wildman–Crippen MR) is 133 cm³/mol. The zero-order chi connectivity index (χ0) is 27.8. The van der Waals surface area contributed by atoms with Crippen LogP contribution < -0.4 is 0 Å². The summed E-state index contributed by atoms with van der Waals surface area (Å²) >= 11 is 0. The molecule has 5 aliphatic carbocycles. The molecule has 0 amide bonds. The number of aliphatic carboxylic acids is 1. The first-order valence-corrected chi connectivity index (χ1v) is 13.3. The molecule has 190 valence electrons. The Balaban J connectivity index is 1.65. The van der Waals surface area contributed by atoms with E-state index >= 15 is 0 Å². The molecule has 2 N–H and O–H groups in total. The second kappa shape index (κ2) is 6.99. The van der Waals surface area contributed by atoms with Gasteiger partial charge in [-0.1, -0.05) is 47.1 Å².